The molecule has 2 rings (SSSR count). The van der Waals surface area contributed by atoms with Crippen molar-refractivity contribution >= 4 is 17.4 Å². The van der Waals surface area contributed by atoms with Crippen LogP contribution in [0.2, 0.25) is 5.15 Å². The normalized spacial score (nSPS) is 23.1. The summed E-state index contributed by atoms with van der Waals surface area (Å²) in [5.41, 5.74) is -0.0825. The number of halogens is 1. The first-order valence-corrected chi connectivity index (χ1v) is 8.51. The minimum Gasteiger partial charge on any atom is -0.370 e. The van der Waals surface area contributed by atoms with Crippen LogP contribution < -0.4 is 5.32 Å². The van der Waals surface area contributed by atoms with Crippen LogP contribution in [0.15, 0.2) is 6.07 Å². The average molecular weight is 310 g/mol. The Morgan fingerprint density at radius 1 is 1.19 bits per heavy atom. The third-order valence-electron chi connectivity index (χ3n) is 4.36. The Morgan fingerprint density at radius 2 is 1.86 bits per heavy atom. The van der Waals surface area contributed by atoms with E-state index in [0.717, 1.165) is 30.0 Å². The van der Waals surface area contributed by atoms with Crippen LogP contribution in [-0.2, 0) is 5.41 Å². The highest BCUT2D eigenvalue weighted by Crippen LogP contribution is 2.30. The van der Waals surface area contributed by atoms with Gasteiger partial charge < -0.3 is 5.32 Å². The third-order valence-corrected chi connectivity index (χ3v) is 4.55. The summed E-state index contributed by atoms with van der Waals surface area (Å²) in [6.07, 6.45) is 6.75. The van der Waals surface area contributed by atoms with E-state index < -0.39 is 0 Å². The van der Waals surface area contributed by atoms with Crippen LogP contribution in [0.1, 0.15) is 65.6 Å². The number of nitrogens with zero attached hydrogens (tertiary/aromatic N) is 2. The number of hydrogen-bond donors (Lipinski definition) is 1. The molecule has 0 bridgehead atoms. The van der Waals surface area contributed by atoms with Crippen LogP contribution in [0, 0.1) is 11.8 Å². The summed E-state index contributed by atoms with van der Waals surface area (Å²) < 4.78 is 0. The minimum absolute atomic E-state index is 0.0825. The predicted octanol–water partition coefficient (Wildman–Crippen LogP) is 5.06. The smallest absolute Gasteiger partial charge is 0.137 e. The zero-order valence-corrected chi connectivity index (χ0v) is 14.5. The molecule has 21 heavy (non-hydrogen) atoms. The van der Waals surface area contributed by atoms with Crippen molar-refractivity contribution in [1.82, 2.24) is 9.97 Å². The lowest BCUT2D eigenvalue weighted by atomic mass is 9.81. The van der Waals surface area contributed by atoms with E-state index in [-0.39, 0.29) is 5.41 Å². The van der Waals surface area contributed by atoms with Crippen molar-refractivity contribution in [1.29, 1.82) is 0 Å². The van der Waals surface area contributed by atoms with Crippen molar-refractivity contribution in [2.45, 2.75) is 65.2 Å². The lowest BCUT2D eigenvalue weighted by Crippen LogP contribution is -2.19. The van der Waals surface area contributed by atoms with Gasteiger partial charge in [-0.25, -0.2) is 9.97 Å². The maximum Gasteiger partial charge on any atom is 0.137 e. The van der Waals surface area contributed by atoms with Gasteiger partial charge in [0.2, 0.25) is 0 Å². The van der Waals surface area contributed by atoms with E-state index in [1.54, 1.807) is 0 Å². The van der Waals surface area contributed by atoms with E-state index in [2.05, 4.69) is 43.0 Å². The molecule has 0 saturated heterocycles. The van der Waals surface area contributed by atoms with Crippen molar-refractivity contribution in [3.63, 3.8) is 0 Å². The highest BCUT2D eigenvalue weighted by Gasteiger charge is 2.20. The van der Waals surface area contributed by atoms with Gasteiger partial charge in [0.05, 0.1) is 0 Å². The van der Waals surface area contributed by atoms with Gasteiger partial charge in [-0.15, -0.1) is 0 Å². The molecule has 1 aliphatic carbocycles. The molecule has 0 aliphatic heterocycles. The Kier molecular flexibility index (Phi) is 5.48. The third kappa shape index (κ3) is 5.14. The summed E-state index contributed by atoms with van der Waals surface area (Å²) in [7, 11) is 0. The Balaban J connectivity index is 1.87. The molecule has 3 nitrogen and oxygen atoms in total. The molecule has 4 heteroatoms. The van der Waals surface area contributed by atoms with Gasteiger partial charge in [0, 0.05) is 18.0 Å². The highest BCUT2D eigenvalue weighted by atomic mass is 35.5. The molecule has 1 aromatic heterocycles. The van der Waals surface area contributed by atoms with Gasteiger partial charge in [0.1, 0.15) is 16.8 Å². The van der Waals surface area contributed by atoms with Crippen LogP contribution in [0.3, 0.4) is 0 Å². The number of hydrogen-bond acceptors (Lipinski definition) is 3. The molecule has 0 unspecified atom stereocenters. The minimum atomic E-state index is -0.0825. The Morgan fingerprint density at radius 3 is 2.48 bits per heavy atom. The number of nitrogens with one attached hydrogen (secondary N) is 1. The fraction of sp³-hybridized carbons (Fsp3) is 0.765. The fourth-order valence-electron chi connectivity index (χ4n) is 2.87. The standard InChI is InChI=1S/C17H28ClN3/c1-12-5-7-13(8-6-12)9-10-19-15-11-14(18)20-16(21-15)17(2,3)4/h11-13H,5-10H2,1-4H3,(H,19,20,21). The molecule has 118 valence electrons. The van der Waals surface area contributed by atoms with E-state index in [0.29, 0.717) is 5.15 Å². The zero-order valence-electron chi connectivity index (χ0n) is 13.7. The van der Waals surface area contributed by atoms with Gasteiger partial charge in [-0.2, -0.15) is 0 Å². The Bertz CT molecular complexity index is 460. The van der Waals surface area contributed by atoms with Crippen molar-refractivity contribution in [3.05, 3.63) is 17.0 Å². The lowest BCUT2D eigenvalue weighted by molar-refractivity contribution is 0.282. The second-order valence-corrected chi connectivity index (χ2v) is 7.88. The summed E-state index contributed by atoms with van der Waals surface area (Å²) in [6, 6.07) is 1.82. The second-order valence-electron chi connectivity index (χ2n) is 7.49. The molecule has 0 amide bonds. The van der Waals surface area contributed by atoms with Gasteiger partial charge in [0.25, 0.3) is 0 Å². The topological polar surface area (TPSA) is 37.8 Å². The molecule has 1 fully saturated rings. The highest BCUT2D eigenvalue weighted by molar-refractivity contribution is 6.29. The van der Waals surface area contributed by atoms with Gasteiger partial charge in [0.15, 0.2) is 0 Å². The van der Waals surface area contributed by atoms with E-state index in [9.17, 15) is 0 Å². The molecule has 0 spiro atoms. The van der Waals surface area contributed by atoms with Gasteiger partial charge in [-0.1, -0.05) is 65.0 Å². The van der Waals surface area contributed by atoms with Crippen LogP contribution in [0.4, 0.5) is 5.82 Å². The average Bonchev–Trinajstić information content (AvgIpc) is 2.39. The van der Waals surface area contributed by atoms with Crippen LogP contribution in [0.25, 0.3) is 0 Å². The molecular weight excluding hydrogens is 282 g/mol. The number of anilines is 1. The summed E-state index contributed by atoms with van der Waals surface area (Å²) >= 11 is 6.11. The monoisotopic (exact) mass is 309 g/mol. The molecule has 1 saturated carbocycles. The van der Waals surface area contributed by atoms with Crippen molar-refractivity contribution in [3.8, 4) is 0 Å². The molecule has 0 radical (unpaired) electrons. The van der Waals surface area contributed by atoms with Crippen LogP contribution >= 0.6 is 11.6 Å². The van der Waals surface area contributed by atoms with Gasteiger partial charge in [-0.3, -0.25) is 0 Å². The first kappa shape index (κ1) is 16.5. The maximum atomic E-state index is 6.11. The van der Waals surface area contributed by atoms with Crippen LogP contribution in [-0.4, -0.2) is 16.5 Å². The molecule has 1 heterocycles. The van der Waals surface area contributed by atoms with E-state index >= 15 is 0 Å². The zero-order chi connectivity index (χ0) is 15.5. The largest absolute Gasteiger partial charge is 0.370 e. The fourth-order valence-corrected chi connectivity index (χ4v) is 3.05. The molecule has 1 aliphatic rings. The number of aromatic nitrogens is 2. The first-order chi connectivity index (χ1) is 9.84. The molecule has 1 N–H and O–H groups in total. The van der Waals surface area contributed by atoms with Crippen molar-refractivity contribution in [2.75, 3.05) is 11.9 Å². The number of rotatable bonds is 4. The van der Waals surface area contributed by atoms with E-state index in [1.807, 2.05) is 6.07 Å². The molecular formula is C17H28ClN3. The molecule has 0 atom stereocenters. The molecule has 1 aromatic rings. The second kappa shape index (κ2) is 6.95. The quantitative estimate of drug-likeness (QED) is 0.790. The van der Waals surface area contributed by atoms with Crippen molar-refractivity contribution in [2.24, 2.45) is 11.8 Å². The summed E-state index contributed by atoms with van der Waals surface area (Å²) in [6.45, 7) is 9.64. The van der Waals surface area contributed by atoms with Gasteiger partial charge >= 0.3 is 0 Å². The maximum absolute atomic E-state index is 6.11. The Hall–Kier alpha value is -0.830. The Labute approximate surface area is 133 Å². The van der Waals surface area contributed by atoms with Crippen LogP contribution in [0.5, 0.6) is 0 Å². The molecule has 0 aromatic carbocycles. The summed E-state index contributed by atoms with van der Waals surface area (Å²) in [5, 5.41) is 3.94. The summed E-state index contributed by atoms with van der Waals surface area (Å²) in [4.78, 5) is 8.92. The van der Waals surface area contributed by atoms with Gasteiger partial charge in [-0.05, 0) is 18.3 Å². The SMILES string of the molecule is CC1CCC(CCNc2cc(Cl)nc(C(C)(C)C)n2)CC1. The van der Waals surface area contributed by atoms with E-state index in [1.165, 1.54) is 32.1 Å². The summed E-state index contributed by atoms with van der Waals surface area (Å²) in [5.74, 6) is 3.44. The van der Waals surface area contributed by atoms with Crippen molar-refractivity contribution < 1.29 is 0 Å². The first-order valence-electron chi connectivity index (χ1n) is 8.13. The lowest BCUT2D eigenvalue weighted by Gasteiger charge is -2.26. The predicted molar refractivity (Wildman–Crippen MR) is 90.0 cm³/mol. The van der Waals surface area contributed by atoms with E-state index in [4.69, 9.17) is 11.6 Å².